The van der Waals surface area contributed by atoms with Crippen LogP contribution in [0.25, 0.3) is 0 Å². The molecule has 210 valence electrons. The SMILES string of the molecule is C=C(C)C(=O)OCCCNC(=O)OCc1cccc(OCC(O)COC(=O)NCCCOC(=O)C(=C)C)c1. The highest BCUT2D eigenvalue weighted by Crippen LogP contribution is 2.14. The van der Waals surface area contributed by atoms with E-state index in [0.717, 1.165) is 0 Å². The molecule has 0 aliphatic rings. The van der Waals surface area contributed by atoms with E-state index in [-0.39, 0.29) is 46.1 Å². The van der Waals surface area contributed by atoms with E-state index in [1.54, 1.807) is 38.1 Å². The molecule has 0 fully saturated rings. The highest BCUT2D eigenvalue weighted by molar-refractivity contribution is 5.87. The molecule has 0 aromatic heterocycles. The molecule has 0 spiro atoms. The number of aliphatic hydroxyl groups excluding tert-OH is 1. The Balaban J connectivity index is 2.20. The van der Waals surface area contributed by atoms with Crippen LogP contribution >= 0.6 is 0 Å². The first-order chi connectivity index (χ1) is 18.1. The number of hydrogen-bond donors (Lipinski definition) is 3. The summed E-state index contributed by atoms with van der Waals surface area (Å²) >= 11 is 0. The van der Waals surface area contributed by atoms with Crippen molar-refractivity contribution in [3.63, 3.8) is 0 Å². The van der Waals surface area contributed by atoms with Gasteiger partial charge in [-0.2, -0.15) is 0 Å². The topological polar surface area (TPSA) is 159 Å². The lowest BCUT2D eigenvalue weighted by Gasteiger charge is -2.14. The summed E-state index contributed by atoms with van der Waals surface area (Å²) in [6.45, 7) is 10.4. The Morgan fingerprint density at radius 3 is 1.95 bits per heavy atom. The van der Waals surface area contributed by atoms with Gasteiger partial charge in [-0.25, -0.2) is 19.2 Å². The maximum atomic E-state index is 11.8. The fraction of sp³-hybridized carbons (Fsp3) is 0.462. The van der Waals surface area contributed by atoms with Gasteiger partial charge in [0.1, 0.15) is 31.7 Å². The largest absolute Gasteiger partial charge is 0.491 e. The van der Waals surface area contributed by atoms with Gasteiger partial charge in [-0.3, -0.25) is 0 Å². The maximum absolute atomic E-state index is 11.8. The van der Waals surface area contributed by atoms with E-state index in [1.165, 1.54) is 0 Å². The minimum absolute atomic E-state index is 0.00802. The van der Waals surface area contributed by atoms with Crippen LogP contribution < -0.4 is 15.4 Å². The number of carbonyl (C=O) groups excluding carboxylic acids is 4. The number of rotatable bonds is 17. The summed E-state index contributed by atoms with van der Waals surface area (Å²) < 4.78 is 25.4. The van der Waals surface area contributed by atoms with Crippen molar-refractivity contribution in [3.8, 4) is 5.75 Å². The molecule has 2 amide bonds. The minimum Gasteiger partial charge on any atom is -0.491 e. The number of esters is 2. The van der Waals surface area contributed by atoms with Crippen molar-refractivity contribution in [2.45, 2.75) is 39.4 Å². The monoisotopic (exact) mass is 536 g/mol. The second-order valence-electron chi connectivity index (χ2n) is 8.18. The van der Waals surface area contributed by atoms with Gasteiger partial charge in [0.25, 0.3) is 0 Å². The highest BCUT2D eigenvalue weighted by atomic mass is 16.6. The van der Waals surface area contributed by atoms with Crippen LogP contribution in [0.15, 0.2) is 48.6 Å². The summed E-state index contributed by atoms with van der Waals surface area (Å²) in [4.78, 5) is 46.0. The molecule has 0 aliphatic carbocycles. The Morgan fingerprint density at radius 1 is 0.842 bits per heavy atom. The smallest absolute Gasteiger partial charge is 0.407 e. The number of alkyl carbamates (subject to hydrolysis) is 2. The van der Waals surface area contributed by atoms with Gasteiger partial charge in [-0.1, -0.05) is 25.3 Å². The predicted octanol–water partition coefficient (Wildman–Crippen LogP) is 2.40. The van der Waals surface area contributed by atoms with Gasteiger partial charge in [-0.05, 0) is 44.4 Å². The molecule has 3 N–H and O–H groups in total. The first kappa shape index (κ1) is 32.0. The average Bonchev–Trinajstić information content (AvgIpc) is 2.88. The molecule has 12 nitrogen and oxygen atoms in total. The molecule has 12 heteroatoms. The van der Waals surface area contributed by atoms with Gasteiger partial charge in [0.05, 0.1) is 13.2 Å². The van der Waals surface area contributed by atoms with E-state index in [9.17, 15) is 24.3 Å². The Kier molecular flexibility index (Phi) is 15.3. The van der Waals surface area contributed by atoms with Crippen LogP contribution in [0.4, 0.5) is 9.59 Å². The van der Waals surface area contributed by atoms with Crippen molar-refractivity contribution in [3.05, 3.63) is 54.1 Å². The molecule has 1 aromatic carbocycles. The zero-order chi connectivity index (χ0) is 28.3. The standard InChI is InChI=1S/C26H36N2O10/c1-18(2)23(30)34-12-6-10-27-25(32)37-15-20-8-5-9-22(14-20)36-16-21(29)17-38-26(33)28-11-7-13-35-24(31)19(3)4/h5,8-9,14,21,29H,1,3,6-7,10-13,15-17H2,2,4H3,(H,27,32)(H,28,33). The van der Waals surface area contributed by atoms with Crippen LogP contribution in [0.5, 0.6) is 5.75 Å². The van der Waals surface area contributed by atoms with E-state index >= 15 is 0 Å². The molecular weight excluding hydrogens is 500 g/mol. The zero-order valence-electron chi connectivity index (χ0n) is 21.8. The molecule has 0 radical (unpaired) electrons. The number of carbonyl (C=O) groups is 4. The molecule has 1 rings (SSSR count). The zero-order valence-corrected chi connectivity index (χ0v) is 21.8. The maximum Gasteiger partial charge on any atom is 0.407 e. The fourth-order valence-electron chi connectivity index (χ4n) is 2.49. The number of amides is 2. The third-order valence-corrected chi connectivity index (χ3v) is 4.46. The summed E-state index contributed by atoms with van der Waals surface area (Å²) in [7, 11) is 0. The summed E-state index contributed by atoms with van der Waals surface area (Å²) in [6.07, 6.45) is -1.59. The molecule has 1 aromatic rings. The Hall–Kier alpha value is -4.06. The van der Waals surface area contributed by atoms with Crippen molar-refractivity contribution < 1.29 is 48.0 Å². The van der Waals surface area contributed by atoms with Crippen LogP contribution in [0.3, 0.4) is 0 Å². The van der Waals surface area contributed by atoms with Crippen molar-refractivity contribution in [1.29, 1.82) is 0 Å². The van der Waals surface area contributed by atoms with Gasteiger partial charge < -0.3 is 39.4 Å². The molecule has 0 bridgehead atoms. The summed E-state index contributed by atoms with van der Waals surface area (Å²) in [5, 5.41) is 15.0. The number of ether oxygens (including phenoxy) is 5. The van der Waals surface area contributed by atoms with Crippen LogP contribution in [0.2, 0.25) is 0 Å². The van der Waals surface area contributed by atoms with Crippen molar-refractivity contribution in [2.75, 3.05) is 39.5 Å². The first-order valence-electron chi connectivity index (χ1n) is 11.9. The molecular formula is C26H36N2O10. The second kappa shape index (κ2) is 18.2. The van der Waals surface area contributed by atoms with E-state index in [4.69, 9.17) is 23.7 Å². The summed E-state index contributed by atoms with van der Waals surface area (Å²) in [6, 6.07) is 6.74. The third-order valence-electron chi connectivity index (χ3n) is 4.46. The van der Waals surface area contributed by atoms with Crippen LogP contribution in [-0.2, 0) is 35.1 Å². The number of aliphatic hydroxyl groups is 1. The molecule has 0 heterocycles. The molecule has 0 aliphatic heterocycles. The molecule has 0 saturated carbocycles. The van der Waals surface area contributed by atoms with Gasteiger partial charge in [0, 0.05) is 24.2 Å². The van der Waals surface area contributed by atoms with Crippen molar-refractivity contribution in [1.82, 2.24) is 10.6 Å². The van der Waals surface area contributed by atoms with E-state index < -0.39 is 30.2 Å². The van der Waals surface area contributed by atoms with Crippen LogP contribution in [0, 0.1) is 0 Å². The van der Waals surface area contributed by atoms with Gasteiger partial charge in [0.2, 0.25) is 0 Å². The molecule has 1 unspecified atom stereocenters. The number of benzene rings is 1. The molecule has 0 saturated heterocycles. The van der Waals surface area contributed by atoms with Gasteiger partial charge in [0.15, 0.2) is 0 Å². The lowest BCUT2D eigenvalue weighted by molar-refractivity contribution is -0.139. The third kappa shape index (κ3) is 15.1. The van der Waals surface area contributed by atoms with E-state index in [1.807, 2.05) is 0 Å². The van der Waals surface area contributed by atoms with Crippen molar-refractivity contribution >= 4 is 24.1 Å². The first-order valence-corrected chi connectivity index (χ1v) is 11.9. The molecule has 38 heavy (non-hydrogen) atoms. The minimum atomic E-state index is -1.07. The average molecular weight is 537 g/mol. The number of nitrogens with one attached hydrogen (secondary N) is 2. The fourth-order valence-corrected chi connectivity index (χ4v) is 2.49. The Bertz CT molecular complexity index is 963. The normalized spacial score (nSPS) is 10.9. The lowest BCUT2D eigenvalue weighted by Crippen LogP contribution is -2.31. The van der Waals surface area contributed by atoms with Crippen LogP contribution in [0.1, 0.15) is 32.3 Å². The second-order valence-corrected chi connectivity index (χ2v) is 8.18. The quantitative estimate of drug-likeness (QED) is 0.117. The van der Waals surface area contributed by atoms with Crippen molar-refractivity contribution in [2.24, 2.45) is 0 Å². The van der Waals surface area contributed by atoms with E-state index in [2.05, 4.69) is 23.8 Å². The van der Waals surface area contributed by atoms with E-state index in [0.29, 0.717) is 35.3 Å². The Labute approximate surface area is 221 Å². The Morgan fingerprint density at radius 2 is 1.39 bits per heavy atom. The summed E-state index contributed by atoms with van der Waals surface area (Å²) in [5.74, 6) is -0.543. The highest BCUT2D eigenvalue weighted by Gasteiger charge is 2.11. The summed E-state index contributed by atoms with van der Waals surface area (Å²) in [5.41, 5.74) is 1.26. The van der Waals surface area contributed by atoms with Gasteiger partial charge in [-0.15, -0.1) is 0 Å². The van der Waals surface area contributed by atoms with Crippen LogP contribution in [-0.4, -0.2) is 74.9 Å². The number of hydrogen-bond acceptors (Lipinski definition) is 10. The lowest BCUT2D eigenvalue weighted by atomic mass is 10.2. The van der Waals surface area contributed by atoms with Gasteiger partial charge >= 0.3 is 24.1 Å². The predicted molar refractivity (Wildman–Crippen MR) is 136 cm³/mol. The molecule has 1 atom stereocenters.